The number of amides is 1. The van der Waals surface area contributed by atoms with Gasteiger partial charge in [0.05, 0.1) is 5.56 Å². The molecule has 24 heavy (non-hydrogen) atoms. The third kappa shape index (κ3) is 7.49. The Morgan fingerprint density at radius 2 is 1.88 bits per heavy atom. The molecule has 0 bridgehead atoms. The lowest BCUT2D eigenvalue weighted by Crippen LogP contribution is -2.35. The van der Waals surface area contributed by atoms with Gasteiger partial charge in [-0.2, -0.15) is 0 Å². The molecule has 134 valence electrons. The molecule has 1 amide bonds. The average molecular weight is 334 g/mol. The van der Waals surface area contributed by atoms with Crippen LogP contribution in [0.25, 0.3) is 0 Å². The number of ether oxygens (including phenoxy) is 1. The van der Waals surface area contributed by atoms with Crippen molar-refractivity contribution in [2.75, 3.05) is 25.6 Å². The van der Waals surface area contributed by atoms with Crippen LogP contribution >= 0.6 is 0 Å². The predicted octanol–water partition coefficient (Wildman–Crippen LogP) is 3.24. The maximum atomic E-state index is 12.0. The maximum Gasteiger partial charge on any atom is 0.338 e. The van der Waals surface area contributed by atoms with Crippen LogP contribution < -0.4 is 10.2 Å². The van der Waals surface area contributed by atoms with Crippen LogP contribution in [0.5, 0.6) is 0 Å². The molecule has 1 atom stereocenters. The third-order valence-electron chi connectivity index (χ3n) is 3.76. The average Bonchev–Trinajstić information content (AvgIpc) is 2.52. The van der Waals surface area contributed by atoms with Crippen molar-refractivity contribution in [2.24, 2.45) is 5.92 Å². The van der Waals surface area contributed by atoms with E-state index in [4.69, 9.17) is 4.74 Å². The summed E-state index contributed by atoms with van der Waals surface area (Å²) in [4.78, 5) is 25.8. The smallest absolute Gasteiger partial charge is 0.338 e. The van der Waals surface area contributed by atoms with E-state index in [1.165, 1.54) is 0 Å². The normalized spacial score (nSPS) is 11.9. The first-order valence-corrected chi connectivity index (χ1v) is 8.53. The number of hydrogen-bond acceptors (Lipinski definition) is 4. The van der Waals surface area contributed by atoms with Crippen LogP contribution in [0.4, 0.5) is 5.69 Å². The molecule has 1 N–H and O–H groups in total. The van der Waals surface area contributed by atoms with Crippen LogP contribution in [-0.4, -0.2) is 38.6 Å². The van der Waals surface area contributed by atoms with Gasteiger partial charge in [0.2, 0.25) is 0 Å². The molecule has 5 nitrogen and oxygen atoms in total. The van der Waals surface area contributed by atoms with Crippen LogP contribution in [0.3, 0.4) is 0 Å². The number of anilines is 1. The van der Waals surface area contributed by atoms with Crippen molar-refractivity contribution in [1.82, 2.24) is 5.32 Å². The number of nitrogens with zero attached hydrogens (tertiary/aromatic N) is 1. The summed E-state index contributed by atoms with van der Waals surface area (Å²) in [5.41, 5.74) is 1.35. The lowest BCUT2D eigenvalue weighted by atomic mass is 10.0. The van der Waals surface area contributed by atoms with Gasteiger partial charge in [-0.1, -0.05) is 32.8 Å². The molecule has 0 aliphatic rings. The number of hydrogen-bond donors (Lipinski definition) is 1. The molecule has 0 aromatic heterocycles. The Morgan fingerprint density at radius 3 is 2.50 bits per heavy atom. The van der Waals surface area contributed by atoms with E-state index in [1.54, 1.807) is 18.2 Å². The minimum atomic E-state index is -0.485. The Balaban J connectivity index is 2.38. The topological polar surface area (TPSA) is 58.6 Å². The van der Waals surface area contributed by atoms with E-state index in [0.717, 1.165) is 24.9 Å². The fraction of sp³-hybridized carbons (Fsp3) is 0.579. The molecule has 0 spiro atoms. The predicted molar refractivity (Wildman–Crippen MR) is 97.3 cm³/mol. The minimum Gasteiger partial charge on any atom is -0.452 e. The molecule has 0 radical (unpaired) electrons. The zero-order chi connectivity index (χ0) is 18.1. The Kier molecular flexibility index (Phi) is 8.30. The van der Waals surface area contributed by atoms with Gasteiger partial charge in [0, 0.05) is 25.8 Å². The van der Waals surface area contributed by atoms with Gasteiger partial charge < -0.3 is 15.0 Å². The second kappa shape index (κ2) is 9.96. The van der Waals surface area contributed by atoms with E-state index < -0.39 is 5.97 Å². The maximum absolute atomic E-state index is 12.0. The van der Waals surface area contributed by atoms with Gasteiger partial charge in [-0.25, -0.2) is 4.79 Å². The van der Waals surface area contributed by atoms with Gasteiger partial charge in [-0.15, -0.1) is 0 Å². The van der Waals surface area contributed by atoms with Gasteiger partial charge in [0.15, 0.2) is 6.61 Å². The molecule has 1 aromatic carbocycles. The van der Waals surface area contributed by atoms with Crippen LogP contribution in [0.2, 0.25) is 0 Å². The summed E-state index contributed by atoms with van der Waals surface area (Å²) in [7, 11) is 3.80. The van der Waals surface area contributed by atoms with E-state index in [1.807, 2.05) is 32.0 Å². The molecule has 1 unspecified atom stereocenters. The van der Waals surface area contributed by atoms with E-state index in [9.17, 15) is 9.59 Å². The number of esters is 1. The highest BCUT2D eigenvalue weighted by molar-refractivity contribution is 5.92. The van der Waals surface area contributed by atoms with E-state index in [-0.39, 0.29) is 18.6 Å². The zero-order valence-corrected chi connectivity index (χ0v) is 15.5. The molecule has 0 saturated carbocycles. The lowest BCUT2D eigenvalue weighted by molar-refractivity contribution is -0.124. The zero-order valence-electron chi connectivity index (χ0n) is 15.5. The molecule has 1 aromatic rings. The standard InChI is InChI=1S/C19H30N2O3/c1-14(2)8-6-9-15(3)20-18(22)13-24-19(23)16-10-7-11-17(12-16)21(4)5/h7,10-12,14-15H,6,8-9,13H2,1-5H3,(H,20,22). The third-order valence-corrected chi connectivity index (χ3v) is 3.76. The fourth-order valence-electron chi connectivity index (χ4n) is 2.35. The second-order valence-corrected chi connectivity index (χ2v) is 6.81. The molecule has 5 heteroatoms. The van der Waals surface area contributed by atoms with Crippen molar-refractivity contribution in [2.45, 2.75) is 46.1 Å². The monoisotopic (exact) mass is 334 g/mol. The molecule has 1 rings (SSSR count). The van der Waals surface area contributed by atoms with E-state index in [2.05, 4.69) is 19.2 Å². The summed E-state index contributed by atoms with van der Waals surface area (Å²) in [6.45, 7) is 6.10. The highest BCUT2D eigenvalue weighted by atomic mass is 16.5. The molecule has 0 saturated heterocycles. The molecule has 0 aliphatic carbocycles. The van der Waals surface area contributed by atoms with Crippen molar-refractivity contribution in [3.05, 3.63) is 29.8 Å². The van der Waals surface area contributed by atoms with Crippen LogP contribution in [0.1, 0.15) is 50.4 Å². The Morgan fingerprint density at radius 1 is 1.17 bits per heavy atom. The largest absolute Gasteiger partial charge is 0.452 e. The van der Waals surface area contributed by atoms with Gasteiger partial charge in [0.1, 0.15) is 0 Å². The first-order chi connectivity index (χ1) is 11.3. The highest BCUT2D eigenvalue weighted by Gasteiger charge is 2.13. The first-order valence-electron chi connectivity index (χ1n) is 8.53. The van der Waals surface area contributed by atoms with Gasteiger partial charge in [-0.3, -0.25) is 4.79 Å². The second-order valence-electron chi connectivity index (χ2n) is 6.81. The highest BCUT2D eigenvalue weighted by Crippen LogP contribution is 2.14. The van der Waals surface area contributed by atoms with Gasteiger partial charge in [-0.05, 0) is 37.5 Å². The van der Waals surface area contributed by atoms with E-state index >= 15 is 0 Å². The Labute approximate surface area is 145 Å². The summed E-state index contributed by atoms with van der Waals surface area (Å²) in [5.74, 6) is -0.0720. The quantitative estimate of drug-likeness (QED) is 0.704. The molecule has 0 aliphatic heterocycles. The van der Waals surface area contributed by atoms with Crippen molar-refractivity contribution < 1.29 is 14.3 Å². The van der Waals surface area contributed by atoms with Crippen molar-refractivity contribution in [3.8, 4) is 0 Å². The van der Waals surface area contributed by atoms with Crippen LogP contribution in [0.15, 0.2) is 24.3 Å². The summed E-state index contributed by atoms with van der Waals surface area (Å²) in [5, 5.41) is 2.87. The van der Waals surface area contributed by atoms with Crippen molar-refractivity contribution >= 4 is 17.6 Å². The number of carbonyl (C=O) groups excluding carboxylic acids is 2. The van der Waals surface area contributed by atoms with Crippen molar-refractivity contribution in [3.63, 3.8) is 0 Å². The number of rotatable bonds is 9. The molecular formula is C19H30N2O3. The number of carbonyl (C=O) groups is 2. The van der Waals surface area contributed by atoms with Crippen LogP contribution in [0, 0.1) is 5.92 Å². The van der Waals surface area contributed by atoms with Crippen molar-refractivity contribution in [1.29, 1.82) is 0 Å². The lowest BCUT2D eigenvalue weighted by Gasteiger charge is -2.15. The minimum absolute atomic E-state index is 0.0898. The number of nitrogens with one attached hydrogen (secondary N) is 1. The Hall–Kier alpha value is -2.04. The summed E-state index contributed by atoms with van der Waals surface area (Å²) in [6.07, 6.45) is 3.16. The first kappa shape index (κ1) is 20.0. The van der Waals surface area contributed by atoms with Crippen LogP contribution in [-0.2, 0) is 9.53 Å². The fourth-order valence-corrected chi connectivity index (χ4v) is 2.35. The van der Waals surface area contributed by atoms with Gasteiger partial charge >= 0.3 is 5.97 Å². The van der Waals surface area contributed by atoms with E-state index in [0.29, 0.717) is 11.5 Å². The number of benzene rings is 1. The van der Waals surface area contributed by atoms with Gasteiger partial charge in [0.25, 0.3) is 5.91 Å². The summed E-state index contributed by atoms with van der Waals surface area (Å²) in [6, 6.07) is 7.22. The summed E-state index contributed by atoms with van der Waals surface area (Å²) < 4.78 is 5.10. The molecular weight excluding hydrogens is 304 g/mol. The Bertz CT molecular complexity index is 541. The molecule has 0 fully saturated rings. The SMILES string of the molecule is CC(C)CCCC(C)NC(=O)COC(=O)c1cccc(N(C)C)c1. The molecule has 0 heterocycles. The summed E-state index contributed by atoms with van der Waals surface area (Å²) >= 11 is 0.